The highest BCUT2D eigenvalue weighted by Crippen LogP contribution is 2.33. The Balaban J connectivity index is 1.65. The zero-order chi connectivity index (χ0) is 19.8. The molecule has 0 unspecified atom stereocenters. The summed E-state index contributed by atoms with van der Waals surface area (Å²) in [4.78, 5) is 47.2. The molecule has 146 valence electrons. The van der Waals surface area contributed by atoms with E-state index in [0.717, 1.165) is 0 Å². The highest BCUT2D eigenvalue weighted by Gasteiger charge is 2.48. The Hall–Kier alpha value is -2.71. The summed E-state index contributed by atoms with van der Waals surface area (Å²) < 4.78 is 5.46. The molecule has 2 aliphatic rings. The number of amides is 2. The molecule has 1 aromatic heterocycles. The van der Waals surface area contributed by atoms with Gasteiger partial charge in [0, 0.05) is 38.0 Å². The number of rotatable bonds is 4. The minimum absolute atomic E-state index is 0.135. The predicted octanol–water partition coefficient (Wildman–Crippen LogP) is 1.42. The smallest absolute Gasteiger partial charge is 0.411 e. The number of hydrogen-bond acceptors (Lipinski definition) is 6. The molecule has 9 nitrogen and oxygen atoms in total. The lowest BCUT2D eigenvalue weighted by Crippen LogP contribution is -2.49. The van der Waals surface area contributed by atoms with Crippen molar-refractivity contribution in [2.24, 2.45) is 0 Å². The number of carbonyl (C=O) groups is 3. The SMILES string of the molecule is Cc1nc(C(C)C)ncc1C(=O)N1CCC2(CC1)CN(CC(=O)O)C(=O)O2. The van der Waals surface area contributed by atoms with Gasteiger partial charge in [-0.15, -0.1) is 0 Å². The van der Waals surface area contributed by atoms with Gasteiger partial charge >= 0.3 is 12.1 Å². The van der Waals surface area contributed by atoms with Gasteiger partial charge in [-0.05, 0) is 6.92 Å². The Morgan fingerprint density at radius 2 is 2.00 bits per heavy atom. The maximum Gasteiger partial charge on any atom is 0.411 e. The van der Waals surface area contributed by atoms with Crippen LogP contribution < -0.4 is 0 Å². The third kappa shape index (κ3) is 3.86. The van der Waals surface area contributed by atoms with Crippen molar-refractivity contribution < 1.29 is 24.2 Å². The van der Waals surface area contributed by atoms with E-state index in [1.54, 1.807) is 18.0 Å². The maximum absolute atomic E-state index is 12.8. The number of aliphatic carboxylic acids is 1. The monoisotopic (exact) mass is 376 g/mol. The molecule has 0 atom stereocenters. The van der Waals surface area contributed by atoms with Crippen molar-refractivity contribution in [3.8, 4) is 0 Å². The number of carboxylic acids is 1. The van der Waals surface area contributed by atoms with E-state index < -0.39 is 17.7 Å². The van der Waals surface area contributed by atoms with E-state index in [2.05, 4.69) is 9.97 Å². The summed E-state index contributed by atoms with van der Waals surface area (Å²) in [7, 11) is 0. The zero-order valence-corrected chi connectivity index (χ0v) is 15.8. The molecule has 1 aromatic rings. The van der Waals surface area contributed by atoms with Crippen molar-refractivity contribution >= 4 is 18.0 Å². The molecule has 0 radical (unpaired) electrons. The zero-order valence-electron chi connectivity index (χ0n) is 15.8. The van der Waals surface area contributed by atoms with Crippen LogP contribution in [0.25, 0.3) is 0 Å². The largest absolute Gasteiger partial charge is 0.480 e. The molecule has 0 bridgehead atoms. The van der Waals surface area contributed by atoms with Gasteiger partial charge in [0.1, 0.15) is 18.0 Å². The molecule has 0 saturated carbocycles. The molecule has 1 spiro atoms. The molecule has 2 amide bonds. The summed E-state index contributed by atoms with van der Waals surface area (Å²) in [6.07, 6.45) is 1.93. The van der Waals surface area contributed by atoms with Crippen molar-refractivity contribution in [3.63, 3.8) is 0 Å². The predicted molar refractivity (Wildman–Crippen MR) is 94.4 cm³/mol. The number of likely N-dealkylation sites (tertiary alicyclic amines) is 1. The Morgan fingerprint density at radius 3 is 2.56 bits per heavy atom. The van der Waals surface area contributed by atoms with E-state index in [1.807, 2.05) is 13.8 Å². The van der Waals surface area contributed by atoms with Gasteiger partial charge in [-0.3, -0.25) is 14.5 Å². The lowest BCUT2D eigenvalue weighted by Gasteiger charge is -2.37. The second-order valence-corrected chi connectivity index (χ2v) is 7.47. The van der Waals surface area contributed by atoms with E-state index >= 15 is 0 Å². The quantitative estimate of drug-likeness (QED) is 0.845. The van der Waals surface area contributed by atoms with E-state index in [0.29, 0.717) is 43.0 Å². The molecular formula is C18H24N4O5. The van der Waals surface area contributed by atoms with Gasteiger partial charge < -0.3 is 14.7 Å². The summed E-state index contributed by atoms with van der Waals surface area (Å²) in [5.74, 6) is -0.312. The molecule has 9 heteroatoms. The van der Waals surface area contributed by atoms with Crippen LogP contribution in [0.4, 0.5) is 4.79 Å². The highest BCUT2D eigenvalue weighted by atomic mass is 16.6. The van der Waals surface area contributed by atoms with Crippen LogP contribution in [-0.4, -0.2) is 74.6 Å². The van der Waals surface area contributed by atoms with Gasteiger partial charge in [-0.25, -0.2) is 14.8 Å². The number of carboxylic acid groups (broad SMARTS) is 1. The van der Waals surface area contributed by atoms with Gasteiger partial charge in [-0.2, -0.15) is 0 Å². The maximum atomic E-state index is 12.8. The Morgan fingerprint density at radius 1 is 1.33 bits per heavy atom. The molecule has 0 aliphatic carbocycles. The summed E-state index contributed by atoms with van der Waals surface area (Å²) >= 11 is 0. The van der Waals surface area contributed by atoms with E-state index in [4.69, 9.17) is 9.84 Å². The fourth-order valence-corrected chi connectivity index (χ4v) is 3.50. The van der Waals surface area contributed by atoms with E-state index in [9.17, 15) is 14.4 Å². The average molecular weight is 376 g/mol. The summed E-state index contributed by atoms with van der Waals surface area (Å²) in [6, 6.07) is 0. The van der Waals surface area contributed by atoms with Crippen molar-refractivity contribution in [2.75, 3.05) is 26.2 Å². The molecule has 1 N–H and O–H groups in total. The Labute approximate surface area is 157 Å². The van der Waals surface area contributed by atoms with Crippen LogP contribution in [0.15, 0.2) is 6.20 Å². The van der Waals surface area contributed by atoms with Gasteiger partial charge in [0.2, 0.25) is 0 Å². The van der Waals surface area contributed by atoms with Gasteiger partial charge in [0.25, 0.3) is 5.91 Å². The number of hydrogen-bond donors (Lipinski definition) is 1. The van der Waals surface area contributed by atoms with E-state index in [-0.39, 0.29) is 24.9 Å². The topological polar surface area (TPSA) is 113 Å². The molecular weight excluding hydrogens is 352 g/mol. The Bertz CT molecular complexity index is 771. The Kier molecular flexibility index (Phi) is 5.03. The van der Waals surface area contributed by atoms with E-state index in [1.165, 1.54) is 4.90 Å². The van der Waals surface area contributed by atoms with Crippen LogP contribution in [0.3, 0.4) is 0 Å². The number of aromatic nitrogens is 2. The van der Waals surface area contributed by atoms with Crippen LogP contribution in [0, 0.1) is 6.92 Å². The third-order valence-electron chi connectivity index (χ3n) is 5.07. The van der Waals surface area contributed by atoms with Gasteiger partial charge in [0.15, 0.2) is 0 Å². The summed E-state index contributed by atoms with van der Waals surface area (Å²) in [5.41, 5.74) is 0.418. The molecule has 2 aliphatic heterocycles. The van der Waals surface area contributed by atoms with Crippen LogP contribution in [0.1, 0.15) is 54.5 Å². The number of ether oxygens (including phenoxy) is 1. The fraction of sp³-hybridized carbons (Fsp3) is 0.611. The third-order valence-corrected chi connectivity index (χ3v) is 5.07. The lowest BCUT2D eigenvalue weighted by molar-refractivity contribution is -0.137. The highest BCUT2D eigenvalue weighted by molar-refractivity contribution is 5.95. The van der Waals surface area contributed by atoms with Crippen molar-refractivity contribution in [3.05, 3.63) is 23.3 Å². The molecule has 27 heavy (non-hydrogen) atoms. The molecule has 0 aromatic carbocycles. The molecule has 3 rings (SSSR count). The fourth-order valence-electron chi connectivity index (χ4n) is 3.50. The van der Waals surface area contributed by atoms with Crippen molar-refractivity contribution in [2.45, 2.75) is 45.1 Å². The number of carbonyl (C=O) groups excluding carboxylic acids is 2. The van der Waals surface area contributed by atoms with Crippen molar-refractivity contribution in [1.29, 1.82) is 0 Å². The molecule has 2 saturated heterocycles. The number of piperidine rings is 1. The summed E-state index contributed by atoms with van der Waals surface area (Å²) in [5, 5.41) is 8.88. The summed E-state index contributed by atoms with van der Waals surface area (Å²) in [6.45, 7) is 6.52. The molecule has 2 fully saturated rings. The van der Waals surface area contributed by atoms with Gasteiger partial charge in [-0.1, -0.05) is 13.8 Å². The van der Waals surface area contributed by atoms with Crippen LogP contribution in [0.5, 0.6) is 0 Å². The van der Waals surface area contributed by atoms with Crippen LogP contribution in [-0.2, 0) is 9.53 Å². The second kappa shape index (κ2) is 7.13. The van der Waals surface area contributed by atoms with Crippen LogP contribution in [0.2, 0.25) is 0 Å². The average Bonchev–Trinajstić information content (AvgIpc) is 2.89. The normalized spacial score (nSPS) is 18.9. The number of aryl methyl sites for hydroxylation is 1. The first-order valence-corrected chi connectivity index (χ1v) is 9.03. The minimum atomic E-state index is -1.07. The minimum Gasteiger partial charge on any atom is -0.480 e. The first-order chi connectivity index (χ1) is 12.7. The first-order valence-electron chi connectivity index (χ1n) is 9.03. The first kappa shape index (κ1) is 19.1. The van der Waals surface area contributed by atoms with Crippen molar-refractivity contribution in [1.82, 2.24) is 19.8 Å². The second-order valence-electron chi connectivity index (χ2n) is 7.47. The standard InChI is InChI=1S/C18H24N4O5/c1-11(2)15-19-8-13(12(3)20-15)16(25)21-6-4-18(5-7-21)10-22(9-14(23)24)17(26)27-18/h8,11H,4-7,9-10H2,1-3H3,(H,23,24). The molecule has 3 heterocycles. The van der Waals surface area contributed by atoms with Gasteiger partial charge in [0.05, 0.1) is 17.8 Å². The van der Waals surface area contributed by atoms with Crippen LogP contribution >= 0.6 is 0 Å². The number of nitrogens with zero attached hydrogens (tertiary/aromatic N) is 4. The lowest BCUT2D eigenvalue weighted by atomic mass is 9.91.